The topological polar surface area (TPSA) is 83.8 Å². The number of ketones is 1. The van der Waals surface area contributed by atoms with Gasteiger partial charge in [-0.15, -0.1) is 0 Å². The molecule has 1 aromatic rings. The number of esters is 1. The average molecular weight is 334 g/mol. The van der Waals surface area contributed by atoms with Gasteiger partial charge in [0.2, 0.25) is 0 Å². The van der Waals surface area contributed by atoms with Crippen LogP contribution in [0.15, 0.2) is 6.07 Å². The third-order valence-corrected chi connectivity index (χ3v) is 4.78. The summed E-state index contributed by atoms with van der Waals surface area (Å²) in [5.74, 6) is -1.58. The first kappa shape index (κ1) is 18.3. The van der Waals surface area contributed by atoms with Gasteiger partial charge in [0.05, 0.1) is 6.42 Å². The molecule has 1 aromatic carbocycles. The predicted molar refractivity (Wildman–Crippen MR) is 90.7 cm³/mol. The number of carbonyl (C=O) groups is 2. The van der Waals surface area contributed by atoms with Crippen molar-refractivity contribution in [2.75, 3.05) is 0 Å². The zero-order valence-electron chi connectivity index (χ0n) is 14.6. The summed E-state index contributed by atoms with van der Waals surface area (Å²) in [6.07, 6.45) is 4.57. The smallest absolute Gasteiger partial charge is 0.311 e. The van der Waals surface area contributed by atoms with E-state index in [0.29, 0.717) is 12.0 Å². The summed E-state index contributed by atoms with van der Waals surface area (Å²) < 4.78 is 5.30. The highest BCUT2D eigenvalue weighted by molar-refractivity contribution is 6.04. The molecule has 2 rings (SSSR count). The molecule has 0 fully saturated rings. The molecule has 5 heteroatoms. The van der Waals surface area contributed by atoms with Crippen molar-refractivity contribution in [3.63, 3.8) is 0 Å². The Kier molecular flexibility index (Phi) is 5.86. The van der Waals surface area contributed by atoms with Crippen LogP contribution in [-0.4, -0.2) is 22.0 Å². The van der Waals surface area contributed by atoms with Gasteiger partial charge in [-0.25, -0.2) is 0 Å². The van der Waals surface area contributed by atoms with Crippen molar-refractivity contribution in [3.05, 3.63) is 17.2 Å². The molecule has 24 heavy (non-hydrogen) atoms. The predicted octanol–water partition coefficient (Wildman–Crippen LogP) is 4.30. The Balaban J connectivity index is 2.51. The molecular weight excluding hydrogens is 308 g/mol. The second-order valence-corrected chi connectivity index (χ2v) is 6.58. The number of benzene rings is 1. The van der Waals surface area contributed by atoms with Crippen LogP contribution in [0.3, 0.4) is 0 Å². The summed E-state index contributed by atoms with van der Waals surface area (Å²) in [6, 6.07) is 1.19. The Morgan fingerprint density at radius 3 is 2.62 bits per heavy atom. The molecule has 1 heterocycles. The van der Waals surface area contributed by atoms with Gasteiger partial charge in [0.1, 0.15) is 17.1 Å². The van der Waals surface area contributed by atoms with Crippen LogP contribution < -0.4 is 4.74 Å². The summed E-state index contributed by atoms with van der Waals surface area (Å²) in [7, 11) is 0. The summed E-state index contributed by atoms with van der Waals surface area (Å²) in [5, 5.41) is 20.5. The van der Waals surface area contributed by atoms with Gasteiger partial charge in [0, 0.05) is 23.5 Å². The highest BCUT2D eigenvalue weighted by Gasteiger charge is 2.35. The molecule has 0 amide bonds. The number of aromatic hydroxyl groups is 2. The summed E-state index contributed by atoms with van der Waals surface area (Å²) >= 11 is 0. The van der Waals surface area contributed by atoms with E-state index in [2.05, 4.69) is 6.92 Å². The normalized spacial score (nSPS) is 18.0. The second-order valence-electron chi connectivity index (χ2n) is 6.58. The number of rotatable bonds is 7. The van der Waals surface area contributed by atoms with E-state index in [1.165, 1.54) is 6.07 Å². The van der Waals surface area contributed by atoms with Gasteiger partial charge in [-0.05, 0) is 12.8 Å². The molecule has 0 radical (unpaired) electrons. The number of phenolic OH excluding ortho intramolecular Hbond substituents is 2. The molecule has 0 aromatic heterocycles. The number of Topliss-reactive ketones (excluding diaryl/α,β-unsaturated/α-hetero) is 1. The van der Waals surface area contributed by atoms with Crippen molar-refractivity contribution in [3.8, 4) is 17.2 Å². The van der Waals surface area contributed by atoms with Gasteiger partial charge >= 0.3 is 5.97 Å². The maximum Gasteiger partial charge on any atom is 0.311 e. The van der Waals surface area contributed by atoms with Crippen LogP contribution in [0.4, 0.5) is 0 Å². The minimum absolute atomic E-state index is 0.0192. The van der Waals surface area contributed by atoms with Crippen LogP contribution in [0, 0.1) is 5.92 Å². The Bertz CT molecular complexity index is 635. The van der Waals surface area contributed by atoms with E-state index in [9.17, 15) is 19.8 Å². The molecule has 132 valence electrons. The van der Waals surface area contributed by atoms with Crippen LogP contribution in [0.1, 0.15) is 81.1 Å². The van der Waals surface area contributed by atoms with Gasteiger partial charge in [-0.1, -0.05) is 40.0 Å². The Labute approximate surface area is 142 Å². The van der Waals surface area contributed by atoms with Crippen molar-refractivity contribution >= 4 is 11.8 Å². The molecule has 1 aliphatic heterocycles. The molecule has 0 aliphatic carbocycles. The van der Waals surface area contributed by atoms with Crippen molar-refractivity contribution < 1.29 is 24.5 Å². The van der Waals surface area contributed by atoms with Gasteiger partial charge in [0.15, 0.2) is 11.5 Å². The van der Waals surface area contributed by atoms with Crippen molar-refractivity contribution in [2.24, 2.45) is 5.92 Å². The first-order valence-corrected chi connectivity index (χ1v) is 8.74. The highest BCUT2D eigenvalue weighted by Crippen LogP contribution is 2.48. The fourth-order valence-corrected chi connectivity index (χ4v) is 3.16. The van der Waals surface area contributed by atoms with Crippen molar-refractivity contribution in [1.29, 1.82) is 0 Å². The standard InChI is InChI=1S/C19H26O5/c1-4-6-7-8-12-9-15(22)24-19-16(12)13(20)10-14(21)17(19)18(23)11(3)5-2/h10-12,20-21H,4-9H2,1-3H3. The van der Waals surface area contributed by atoms with Crippen LogP contribution in [-0.2, 0) is 4.79 Å². The third kappa shape index (κ3) is 3.55. The molecule has 0 saturated carbocycles. The van der Waals surface area contributed by atoms with Gasteiger partial charge < -0.3 is 14.9 Å². The first-order valence-electron chi connectivity index (χ1n) is 8.74. The van der Waals surface area contributed by atoms with E-state index in [-0.39, 0.29) is 46.9 Å². The number of phenols is 2. The molecule has 0 spiro atoms. The average Bonchev–Trinajstić information content (AvgIpc) is 2.53. The van der Waals surface area contributed by atoms with E-state index >= 15 is 0 Å². The van der Waals surface area contributed by atoms with Crippen molar-refractivity contribution in [1.82, 2.24) is 0 Å². The van der Waals surface area contributed by atoms with Crippen LogP contribution in [0.2, 0.25) is 0 Å². The summed E-state index contributed by atoms with van der Waals surface area (Å²) in [4.78, 5) is 24.6. The van der Waals surface area contributed by atoms with Crippen LogP contribution >= 0.6 is 0 Å². The van der Waals surface area contributed by atoms with Crippen molar-refractivity contribution in [2.45, 2.75) is 65.2 Å². The molecule has 1 aliphatic rings. The van der Waals surface area contributed by atoms with E-state index in [1.807, 2.05) is 6.92 Å². The number of hydrogen-bond acceptors (Lipinski definition) is 5. The zero-order valence-corrected chi connectivity index (χ0v) is 14.6. The lowest BCUT2D eigenvalue weighted by molar-refractivity contribution is -0.136. The number of fused-ring (bicyclic) bond motifs is 1. The zero-order chi connectivity index (χ0) is 17.9. The molecule has 2 atom stereocenters. The number of unbranched alkanes of at least 4 members (excludes halogenated alkanes) is 2. The van der Waals surface area contributed by atoms with E-state index in [0.717, 1.165) is 25.7 Å². The van der Waals surface area contributed by atoms with E-state index in [4.69, 9.17) is 4.74 Å². The number of hydrogen-bond donors (Lipinski definition) is 2. The van der Waals surface area contributed by atoms with Crippen LogP contribution in [0.25, 0.3) is 0 Å². The minimum atomic E-state index is -0.424. The second kappa shape index (κ2) is 7.69. The molecule has 5 nitrogen and oxygen atoms in total. The molecule has 0 bridgehead atoms. The Morgan fingerprint density at radius 2 is 2.00 bits per heavy atom. The Hall–Kier alpha value is -2.04. The fraction of sp³-hybridized carbons (Fsp3) is 0.579. The first-order chi connectivity index (χ1) is 11.4. The summed E-state index contributed by atoms with van der Waals surface area (Å²) in [6.45, 7) is 5.75. The van der Waals surface area contributed by atoms with Gasteiger partial charge in [-0.2, -0.15) is 0 Å². The SMILES string of the molecule is CCCCCC1CC(=O)Oc2c(C(=O)C(C)CC)c(O)cc(O)c21. The lowest BCUT2D eigenvalue weighted by Crippen LogP contribution is -2.24. The van der Waals surface area contributed by atoms with E-state index < -0.39 is 5.97 Å². The van der Waals surface area contributed by atoms with Gasteiger partial charge in [-0.3, -0.25) is 9.59 Å². The van der Waals surface area contributed by atoms with Crippen LogP contribution in [0.5, 0.6) is 17.2 Å². The van der Waals surface area contributed by atoms with Gasteiger partial charge in [0.25, 0.3) is 0 Å². The fourth-order valence-electron chi connectivity index (χ4n) is 3.16. The highest BCUT2D eigenvalue weighted by atomic mass is 16.5. The number of carbonyl (C=O) groups excluding carboxylic acids is 2. The number of ether oxygens (including phenoxy) is 1. The lowest BCUT2D eigenvalue weighted by atomic mass is 9.84. The quantitative estimate of drug-likeness (QED) is 0.336. The molecular formula is C19H26O5. The maximum absolute atomic E-state index is 12.6. The summed E-state index contributed by atoms with van der Waals surface area (Å²) in [5.41, 5.74) is 0.501. The molecule has 0 saturated heterocycles. The molecule has 2 unspecified atom stereocenters. The largest absolute Gasteiger partial charge is 0.507 e. The minimum Gasteiger partial charge on any atom is -0.507 e. The Morgan fingerprint density at radius 1 is 1.29 bits per heavy atom. The van der Waals surface area contributed by atoms with E-state index in [1.54, 1.807) is 6.92 Å². The third-order valence-electron chi connectivity index (χ3n) is 4.78. The monoisotopic (exact) mass is 334 g/mol. The lowest BCUT2D eigenvalue weighted by Gasteiger charge is -2.27. The maximum atomic E-state index is 12.6. The molecule has 2 N–H and O–H groups in total.